The van der Waals surface area contributed by atoms with Gasteiger partial charge >= 0.3 is 16.4 Å². The number of aliphatic hydroxyl groups is 1. The number of carboxylic acids is 1. The van der Waals surface area contributed by atoms with Gasteiger partial charge in [0.15, 0.2) is 11.9 Å². The second-order valence-electron chi connectivity index (χ2n) is 6.37. The average molecular weight is 446 g/mol. The molecule has 1 heterocycles. The van der Waals surface area contributed by atoms with Crippen LogP contribution in [0.3, 0.4) is 0 Å². The van der Waals surface area contributed by atoms with Crippen LogP contribution in [0, 0.1) is 0 Å². The molecule has 0 aliphatic heterocycles. The molecule has 11 heteroatoms. The van der Waals surface area contributed by atoms with Crippen molar-refractivity contribution in [3.05, 3.63) is 72.1 Å². The molecule has 0 saturated heterocycles. The molecule has 1 unspecified atom stereocenters. The fourth-order valence-electron chi connectivity index (χ4n) is 2.68. The van der Waals surface area contributed by atoms with Gasteiger partial charge < -0.3 is 19.1 Å². The molecule has 1 atom stereocenters. The van der Waals surface area contributed by atoms with Crippen LogP contribution in [0.2, 0.25) is 0 Å². The number of aromatic nitrogens is 2. The summed E-state index contributed by atoms with van der Waals surface area (Å²) in [6.45, 7) is 0.0386. The van der Waals surface area contributed by atoms with Gasteiger partial charge in [-0.2, -0.15) is 8.42 Å². The van der Waals surface area contributed by atoms with Gasteiger partial charge in [0.25, 0.3) is 0 Å². The Hall–Kier alpha value is -3.54. The molecule has 0 radical (unpaired) electrons. The van der Waals surface area contributed by atoms with E-state index in [4.69, 9.17) is 14.4 Å². The molecule has 1 aromatic heterocycles. The topological polar surface area (TPSA) is 156 Å². The number of carbonyl (C=O) groups is 1. The zero-order valence-electron chi connectivity index (χ0n) is 16.0. The lowest BCUT2D eigenvalue weighted by Gasteiger charge is -2.13. The number of benzene rings is 2. The fraction of sp³-hybridized carbons (Fsp3) is 0.150. The van der Waals surface area contributed by atoms with Crippen molar-refractivity contribution >= 4 is 16.4 Å². The number of nitrogens with zero attached hydrogens (tertiary/aromatic N) is 2. The summed E-state index contributed by atoms with van der Waals surface area (Å²) >= 11 is 0. The molecule has 0 fully saturated rings. The van der Waals surface area contributed by atoms with Gasteiger partial charge in [0.05, 0.1) is 5.69 Å². The maximum atomic E-state index is 10.9. The van der Waals surface area contributed by atoms with Crippen LogP contribution in [0.4, 0.5) is 0 Å². The van der Waals surface area contributed by atoms with Gasteiger partial charge in [0.1, 0.15) is 18.1 Å². The van der Waals surface area contributed by atoms with E-state index in [1.54, 1.807) is 36.4 Å². The minimum Gasteiger partial charge on any atom is -0.487 e. The Morgan fingerprint density at radius 1 is 1.10 bits per heavy atom. The fourth-order valence-corrected chi connectivity index (χ4v) is 3.03. The first kappa shape index (κ1) is 22.2. The Bertz CT molecular complexity index is 1180. The molecule has 3 aromatic rings. The van der Waals surface area contributed by atoms with Crippen LogP contribution >= 0.6 is 0 Å². The average Bonchev–Trinajstić information content (AvgIpc) is 2.72. The zero-order valence-corrected chi connectivity index (χ0v) is 16.8. The number of carboxylic acid groups (broad SMARTS) is 1. The summed E-state index contributed by atoms with van der Waals surface area (Å²) in [5, 5.41) is 18.5. The van der Waals surface area contributed by atoms with Gasteiger partial charge in [-0.1, -0.05) is 30.3 Å². The van der Waals surface area contributed by atoms with Crippen LogP contribution in [-0.2, 0) is 28.2 Å². The van der Waals surface area contributed by atoms with E-state index in [2.05, 4.69) is 14.2 Å². The lowest BCUT2D eigenvalue weighted by Crippen LogP contribution is -2.22. The highest BCUT2D eigenvalue weighted by Crippen LogP contribution is 2.23. The number of ether oxygens (including phenoxy) is 1. The highest BCUT2D eigenvalue weighted by atomic mass is 32.3. The Balaban J connectivity index is 1.76. The third-order valence-corrected chi connectivity index (χ3v) is 4.46. The van der Waals surface area contributed by atoms with E-state index in [1.165, 1.54) is 24.4 Å². The molecular weight excluding hydrogens is 428 g/mol. The van der Waals surface area contributed by atoms with E-state index in [0.717, 1.165) is 0 Å². The van der Waals surface area contributed by atoms with E-state index >= 15 is 0 Å². The molecule has 31 heavy (non-hydrogen) atoms. The highest BCUT2D eigenvalue weighted by Gasteiger charge is 2.16. The van der Waals surface area contributed by atoms with Crippen molar-refractivity contribution in [1.29, 1.82) is 0 Å². The summed E-state index contributed by atoms with van der Waals surface area (Å²) in [5.41, 5.74) is 1.48. The quantitative estimate of drug-likeness (QED) is 0.415. The van der Waals surface area contributed by atoms with E-state index in [-0.39, 0.29) is 24.6 Å². The molecule has 0 aliphatic carbocycles. The molecule has 0 amide bonds. The van der Waals surface area contributed by atoms with Crippen molar-refractivity contribution in [2.75, 3.05) is 0 Å². The van der Waals surface area contributed by atoms with Crippen molar-refractivity contribution in [3.63, 3.8) is 0 Å². The SMILES string of the molecule is O=C(O)C(O)Cc1ccccc1OCc1ccnc(-c2cccc(OS(=O)(=O)O)c2)n1. The monoisotopic (exact) mass is 446 g/mol. The first-order valence-electron chi connectivity index (χ1n) is 8.92. The lowest BCUT2D eigenvalue weighted by molar-refractivity contribution is -0.146. The number of hydrogen-bond donors (Lipinski definition) is 3. The summed E-state index contributed by atoms with van der Waals surface area (Å²) in [5.74, 6) is -0.741. The standard InChI is InChI=1S/C20H18N2O8S/c23-17(20(24)25)11-13-4-1-2-7-18(13)29-12-15-8-9-21-19(22-15)14-5-3-6-16(10-14)30-31(26,27)28/h1-10,17,23H,11-12H2,(H,24,25)(H,26,27,28). The van der Waals surface area contributed by atoms with Gasteiger partial charge in [0, 0.05) is 18.2 Å². The van der Waals surface area contributed by atoms with Crippen molar-refractivity contribution in [2.45, 2.75) is 19.1 Å². The van der Waals surface area contributed by atoms with E-state index in [9.17, 15) is 18.3 Å². The molecule has 10 nitrogen and oxygen atoms in total. The molecular formula is C20H18N2O8S. The lowest BCUT2D eigenvalue weighted by atomic mass is 10.1. The summed E-state index contributed by atoms with van der Waals surface area (Å²) < 4.78 is 40.8. The van der Waals surface area contributed by atoms with E-state index in [0.29, 0.717) is 22.6 Å². The largest absolute Gasteiger partial charge is 0.487 e. The summed E-state index contributed by atoms with van der Waals surface area (Å²) in [6.07, 6.45) is -0.161. The van der Waals surface area contributed by atoms with Crippen LogP contribution < -0.4 is 8.92 Å². The van der Waals surface area contributed by atoms with E-state index in [1.807, 2.05) is 0 Å². The zero-order chi connectivity index (χ0) is 22.4. The summed E-state index contributed by atoms with van der Waals surface area (Å²) in [4.78, 5) is 19.4. The molecule has 0 saturated carbocycles. The normalized spacial score (nSPS) is 12.2. The predicted octanol–water partition coefficient (Wildman–Crippen LogP) is 1.89. The maximum Gasteiger partial charge on any atom is 0.446 e. The second-order valence-corrected chi connectivity index (χ2v) is 7.39. The van der Waals surface area contributed by atoms with Crippen molar-refractivity contribution in [1.82, 2.24) is 9.97 Å². The molecule has 3 N–H and O–H groups in total. The Kier molecular flexibility index (Phi) is 6.80. The third-order valence-electron chi connectivity index (χ3n) is 4.05. The first-order valence-corrected chi connectivity index (χ1v) is 10.3. The van der Waals surface area contributed by atoms with Gasteiger partial charge in [-0.3, -0.25) is 4.55 Å². The minimum atomic E-state index is -4.66. The Morgan fingerprint density at radius 3 is 2.61 bits per heavy atom. The Morgan fingerprint density at radius 2 is 1.87 bits per heavy atom. The van der Waals surface area contributed by atoms with Gasteiger partial charge in [-0.25, -0.2) is 14.8 Å². The number of para-hydroxylation sites is 1. The highest BCUT2D eigenvalue weighted by molar-refractivity contribution is 7.81. The predicted molar refractivity (Wildman–Crippen MR) is 108 cm³/mol. The van der Waals surface area contributed by atoms with E-state index < -0.39 is 22.5 Å². The second kappa shape index (κ2) is 9.51. The van der Waals surface area contributed by atoms with Crippen LogP contribution in [0.25, 0.3) is 11.4 Å². The van der Waals surface area contributed by atoms with Crippen molar-refractivity contribution in [3.8, 4) is 22.9 Å². The number of hydrogen-bond acceptors (Lipinski definition) is 8. The van der Waals surface area contributed by atoms with Gasteiger partial charge in [-0.15, -0.1) is 0 Å². The summed E-state index contributed by atoms with van der Waals surface area (Å²) in [7, 11) is -4.66. The van der Waals surface area contributed by atoms with Crippen LogP contribution in [-0.4, -0.2) is 45.2 Å². The smallest absolute Gasteiger partial charge is 0.446 e. The molecule has 0 aliphatic rings. The van der Waals surface area contributed by atoms with Gasteiger partial charge in [0.2, 0.25) is 0 Å². The number of rotatable bonds is 9. The molecule has 0 bridgehead atoms. The molecule has 2 aromatic carbocycles. The summed E-state index contributed by atoms with van der Waals surface area (Å²) in [6, 6.07) is 14.2. The molecule has 162 valence electrons. The Labute approximate surface area is 177 Å². The third kappa shape index (κ3) is 6.47. The van der Waals surface area contributed by atoms with Crippen LogP contribution in [0.1, 0.15) is 11.3 Å². The maximum absolute atomic E-state index is 10.9. The minimum absolute atomic E-state index is 0.0386. The molecule has 3 rings (SSSR count). The van der Waals surface area contributed by atoms with Crippen molar-refractivity contribution < 1.29 is 36.9 Å². The van der Waals surface area contributed by atoms with Crippen molar-refractivity contribution in [2.24, 2.45) is 0 Å². The first-order chi connectivity index (χ1) is 14.7. The number of aliphatic hydroxyl groups excluding tert-OH is 1. The number of aliphatic carboxylic acids is 1. The van der Waals surface area contributed by atoms with Gasteiger partial charge in [-0.05, 0) is 29.8 Å². The molecule has 0 spiro atoms. The van der Waals surface area contributed by atoms with Crippen LogP contribution in [0.5, 0.6) is 11.5 Å². The van der Waals surface area contributed by atoms with Crippen LogP contribution in [0.15, 0.2) is 60.8 Å².